The second kappa shape index (κ2) is 10.1. The van der Waals surface area contributed by atoms with Gasteiger partial charge >= 0.3 is 12.1 Å². The third-order valence-corrected chi connectivity index (χ3v) is 6.04. The molecule has 0 saturated heterocycles. The van der Waals surface area contributed by atoms with Gasteiger partial charge in [0.25, 0.3) is 0 Å². The Morgan fingerprint density at radius 1 is 1.06 bits per heavy atom. The van der Waals surface area contributed by atoms with Gasteiger partial charge in [-0.1, -0.05) is 30.3 Å². The summed E-state index contributed by atoms with van der Waals surface area (Å²) in [5, 5.41) is 3.98. The lowest BCUT2D eigenvalue weighted by atomic mass is 10.1. The molecule has 2 rings (SSSR count). The van der Waals surface area contributed by atoms with E-state index in [2.05, 4.69) is 10.0 Å². The van der Waals surface area contributed by atoms with Crippen molar-refractivity contribution >= 4 is 32.9 Å². The smallest absolute Gasteiger partial charge is 0.407 e. The van der Waals surface area contributed by atoms with Crippen molar-refractivity contribution in [2.45, 2.75) is 57.1 Å². The molecule has 1 atom stereocenters. The van der Waals surface area contributed by atoms with Gasteiger partial charge in [0, 0.05) is 11.9 Å². The molecular weight excluding hydrogens is 420 g/mol. The monoisotopic (exact) mass is 450 g/mol. The van der Waals surface area contributed by atoms with Gasteiger partial charge in [-0.2, -0.15) is 4.72 Å². The van der Waals surface area contributed by atoms with Crippen molar-refractivity contribution in [3.8, 4) is 0 Å². The third kappa shape index (κ3) is 6.93. The van der Waals surface area contributed by atoms with E-state index in [9.17, 15) is 18.0 Å². The number of methoxy groups -OCH3 is 1. The standard InChI is InChI=1S/C22H30N2O6S/c1-15-12-13-19(17-10-7-6-9-16(15)17)31(27,28)24-18(20(25)29-5)11-8-14-23-21(26)30-22(2,3)4/h6-7,9-10,12-13,18,24H,8,11,14H2,1-5H3,(H,23,26)/t18-/m0/s1. The molecule has 0 heterocycles. The fourth-order valence-corrected chi connectivity index (χ4v) is 4.52. The number of carbonyl (C=O) groups excluding carboxylic acids is 2. The molecule has 0 aliphatic rings. The minimum Gasteiger partial charge on any atom is -0.468 e. The first kappa shape index (κ1) is 24.6. The molecule has 0 spiro atoms. The van der Waals surface area contributed by atoms with Crippen LogP contribution in [0.4, 0.5) is 4.79 Å². The number of carbonyl (C=O) groups is 2. The van der Waals surface area contributed by atoms with Gasteiger partial charge in [-0.3, -0.25) is 4.79 Å². The molecule has 1 amide bonds. The van der Waals surface area contributed by atoms with Crippen LogP contribution in [0.5, 0.6) is 0 Å². The number of fused-ring (bicyclic) bond motifs is 1. The lowest BCUT2D eigenvalue weighted by molar-refractivity contribution is -0.142. The first-order chi connectivity index (χ1) is 14.4. The SMILES string of the molecule is COC(=O)[C@H](CCCNC(=O)OC(C)(C)C)NS(=O)(=O)c1ccc(C)c2ccccc12. The molecular formula is C22H30N2O6S. The van der Waals surface area contributed by atoms with Crippen LogP contribution in [-0.2, 0) is 24.3 Å². The summed E-state index contributed by atoms with van der Waals surface area (Å²) in [4.78, 5) is 24.0. The fraction of sp³-hybridized carbons (Fsp3) is 0.455. The molecule has 0 aromatic heterocycles. The van der Waals surface area contributed by atoms with E-state index in [1.54, 1.807) is 39.0 Å². The molecule has 2 N–H and O–H groups in total. The predicted molar refractivity (Wildman–Crippen MR) is 118 cm³/mol. The Labute approximate surface area is 183 Å². The van der Waals surface area contributed by atoms with Gasteiger partial charge in [0.1, 0.15) is 11.6 Å². The van der Waals surface area contributed by atoms with Crippen molar-refractivity contribution in [2.24, 2.45) is 0 Å². The van der Waals surface area contributed by atoms with Crippen LogP contribution in [-0.4, -0.2) is 45.8 Å². The van der Waals surface area contributed by atoms with Gasteiger partial charge in [0.05, 0.1) is 12.0 Å². The van der Waals surface area contributed by atoms with Gasteiger partial charge in [-0.15, -0.1) is 0 Å². The van der Waals surface area contributed by atoms with Crippen LogP contribution >= 0.6 is 0 Å². The molecule has 9 heteroatoms. The third-order valence-electron chi connectivity index (χ3n) is 4.51. The fourth-order valence-electron chi connectivity index (χ4n) is 3.09. The van der Waals surface area contributed by atoms with Crippen LogP contribution < -0.4 is 10.0 Å². The average molecular weight is 451 g/mol. The minimum absolute atomic E-state index is 0.0921. The Morgan fingerprint density at radius 2 is 1.71 bits per heavy atom. The number of sulfonamides is 1. The zero-order valence-electron chi connectivity index (χ0n) is 18.5. The molecule has 8 nitrogen and oxygen atoms in total. The number of hydrogen-bond acceptors (Lipinski definition) is 6. The quantitative estimate of drug-likeness (QED) is 0.472. The molecule has 0 radical (unpaired) electrons. The Kier molecular flexibility index (Phi) is 8.02. The van der Waals surface area contributed by atoms with Crippen molar-refractivity contribution in [2.75, 3.05) is 13.7 Å². The summed E-state index contributed by atoms with van der Waals surface area (Å²) in [6, 6.07) is 9.36. The van der Waals surface area contributed by atoms with Crippen LogP contribution in [0.1, 0.15) is 39.2 Å². The van der Waals surface area contributed by atoms with Crippen molar-refractivity contribution in [3.05, 3.63) is 42.0 Å². The summed E-state index contributed by atoms with van der Waals surface area (Å²) in [7, 11) is -2.80. The summed E-state index contributed by atoms with van der Waals surface area (Å²) in [6.45, 7) is 7.38. The summed E-state index contributed by atoms with van der Waals surface area (Å²) in [5.74, 6) is -0.697. The Bertz CT molecular complexity index is 1040. The highest BCUT2D eigenvalue weighted by molar-refractivity contribution is 7.89. The van der Waals surface area contributed by atoms with Crippen molar-refractivity contribution in [1.82, 2.24) is 10.0 Å². The van der Waals surface area contributed by atoms with E-state index in [4.69, 9.17) is 9.47 Å². The average Bonchev–Trinajstić information content (AvgIpc) is 2.68. The maximum absolute atomic E-state index is 13.1. The number of alkyl carbamates (subject to hydrolysis) is 1. The van der Waals surface area contributed by atoms with Crippen LogP contribution in [0.15, 0.2) is 41.3 Å². The Balaban J connectivity index is 2.11. The summed E-state index contributed by atoms with van der Waals surface area (Å²) < 4.78 is 38.5. The molecule has 0 unspecified atom stereocenters. The van der Waals surface area contributed by atoms with E-state index in [1.165, 1.54) is 13.2 Å². The molecule has 31 heavy (non-hydrogen) atoms. The van der Waals surface area contributed by atoms with E-state index >= 15 is 0 Å². The molecule has 0 fully saturated rings. The number of rotatable bonds is 8. The molecule has 170 valence electrons. The van der Waals surface area contributed by atoms with E-state index in [0.717, 1.165) is 10.9 Å². The first-order valence-electron chi connectivity index (χ1n) is 10.00. The van der Waals surface area contributed by atoms with E-state index in [-0.39, 0.29) is 17.9 Å². The number of aryl methyl sites for hydroxylation is 1. The molecule has 2 aromatic rings. The van der Waals surface area contributed by atoms with Gasteiger partial charge in [0.2, 0.25) is 10.0 Å². The first-order valence-corrected chi connectivity index (χ1v) is 11.5. The molecule has 2 aromatic carbocycles. The number of benzene rings is 2. The second-order valence-corrected chi connectivity index (χ2v) is 9.88. The van der Waals surface area contributed by atoms with Crippen LogP contribution in [0.25, 0.3) is 10.8 Å². The lowest BCUT2D eigenvalue weighted by Gasteiger charge is -2.20. The lowest BCUT2D eigenvalue weighted by Crippen LogP contribution is -2.42. The Morgan fingerprint density at radius 3 is 2.32 bits per heavy atom. The highest BCUT2D eigenvalue weighted by Crippen LogP contribution is 2.26. The van der Waals surface area contributed by atoms with Crippen LogP contribution in [0.2, 0.25) is 0 Å². The molecule has 0 bridgehead atoms. The second-order valence-electron chi connectivity index (χ2n) is 8.19. The van der Waals surface area contributed by atoms with Gasteiger partial charge in [-0.05, 0) is 57.6 Å². The molecule has 0 saturated carbocycles. The van der Waals surface area contributed by atoms with Gasteiger partial charge < -0.3 is 14.8 Å². The van der Waals surface area contributed by atoms with Crippen molar-refractivity contribution in [3.63, 3.8) is 0 Å². The predicted octanol–water partition coefficient (Wildman–Crippen LogP) is 3.27. The number of esters is 1. The number of hydrogen-bond donors (Lipinski definition) is 2. The van der Waals surface area contributed by atoms with Gasteiger partial charge in [-0.25, -0.2) is 13.2 Å². The van der Waals surface area contributed by atoms with Crippen LogP contribution in [0, 0.1) is 6.92 Å². The number of nitrogens with one attached hydrogen (secondary N) is 2. The maximum atomic E-state index is 13.1. The minimum atomic E-state index is -4.00. The zero-order chi connectivity index (χ0) is 23.2. The van der Waals surface area contributed by atoms with Crippen LogP contribution in [0.3, 0.4) is 0 Å². The summed E-state index contributed by atoms with van der Waals surface area (Å²) >= 11 is 0. The van der Waals surface area contributed by atoms with E-state index < -0.39 is 33.7 Å². The molecule has 0 aliphatic carbocycles. The van der Waals surface area contributed by atoms with Gasteiger partial charge in [0.15, 0.2) is 0 Å². The van der Waals surface area contributed by atoms with E-state index in [0.29, 0.717) is 11.8 Å². The maximum Gasteiger partial charge on any atom is 0.407 e. The van der Waals surface area contributed by atoms with E-state index in [1.807, 2.05) is 19.1 Å². The topological polar surface area (TPSA) is 111 Å². The Hall–Kier alpha value is -2.65. The normalized spacial score (nSPS) is 12.9. The van der Waals surface area contributed by atoms with Crippen molar-refractivity contribution in [1.29, 1.82) is 0 Å². The summed E-state index contributed by atoms with van der Waals surface area (Å²) in [6.07, 6.45) is -0.0874. The number of ether oxygens (including phenoxy) is 2. The highest BCUT2D eigenvalue weighted by atomic mass is 32.2. The largest absolute Gasteiger partial charge is 0.468 e. The number of amides is 1. The summed E-state index contributed by atoms with van der Waals surface area (Å²) in [5.41, 5.74) is 0.331. The highest BCUT2D eigenvalue weighted by Gasteiger charge is 2.27. The van der Waals surface area contributed by atoms with Crippen molar-refractivity contribution < 1.29 is 27.5 Å². The molecule has 0 aliphatic heterocycles. The zero-order valence-corrected chi connectivity index (χ0v) is 19.3.